The number of hydrogen-bond acceptors (Lipinski definition) is 4. The molecule has 1 saturated heterocycles. The van der Waals surface area contributed by atoms with Crippen LogP contribution in [-0.2, 0) is 22.0 Å². The molecule has 1 aromatic rings. The van der Waals surface area contributed by atoms with E-state index in [2.05, 4.69) is 9.88 Å². The molecule has 1 aliphatic rings. The van der Waals surface area contributed by atoms with Crippen LogP contribution in [0.2, 0.25) is 0 Å². The summed E-state index contributed by atoms with van der Waals surface area (Å²) in [6.45, 7) is 5.94. The molecule has 108 valence electrons. The predicted octanol–water partition coefficient (Wildman–Crippen LogP) is 1.86. The smallest absolute Gasteiger partial charge is 0.280 e. The monoisotopic (exact) mass is 305 g/mol. The summed E-state index contributed by atoms with van der Waals surface area (Å²) in [7, 11) is 1.60. The van der Waals surface area contributed by atoms with Gasteiger partial charge >= 0.3 is 0 Å². The van der Waals surface area contributed by atoms with Crippen molar-refractivity contribution >= 4 is 19.7 Å². The zero-order valence-electron chi connectivity index (χ0n) is 11.2. The average Bonchev–Trinajstić information content (AvgIpc) is 2.81. The van der Waals surface area contributed by atoms with Gasteiger partial charge in [-0.05, 0) is 25.9 Å². The Labute approximate surface area is 119 Å². The van der Waals surface area contributed by atoms with Crippen LogP contribution in [-0.4, -0.2) is 42.5 Å². The first-order chi connectivity index (χ1) is 9.00. The first-order valence-electron chi connectivity index (χ1n) is 6.74. The average molecular weight is 306 g/mol. The number of aryl methyl sites for hydroxylation is 1. The molecule has 2 heterocycles. The Morgan fingerprint density at radius 1 is 1.26 bits per heavy atom. The molecular weight excluding hydrogens is 286 g/mol. The van der Waals surface area contributed by atoms with Gasteiger partial charge in [0.2, 0.25) is 0 Å². The zero-order chi connectivity index (χ0) is 13.9. The van der Waals surface area contributed by atoms with Gasteiger partial charge in [-0.3, -0.25) is 0 Å². The number of likely N-dealkylation sites (tertiary alicyclic amines) is 1. The molecule has 0 aromatic carbocycles. The number of imidazole rings is 1. The molecule has 0 N–H and O–H groups in total. The van der Waals surface area contributed by atoms with Gasteiger partial charge in [0.05, 0.1) is 0 Å². The van der Waals surface area contributed by atoms with Crippen molar-refractivity contribution in [2.45, 2.75) is 44.2 Å². The van der Waals surface area contributed by atoms with E-state index in [9.17, 15) is 8.42 Å². The van der Waals surface area contributed by atoms with Crippen LogP contribution in [0.15, 0.2) is 11.2 Å². The molecule has 19 heavy (non-hydrogen) atoms. The summed E-state index contributed by atoms with van der Waals surface area (Å²) < 4.78 is 24.5. The van der Waals surface area contributed by atoms with E-state index < -0.39 is 9.05 Å². The first-order valence-corrected chi connectivity index (χ1v) is 9.04. The fourth-order valence-corrected chi connectivity index (χ4v) is 3.14. The lowest BCUT2D eigenvalue weighted by molar-refractivity contribution is 0.220. The standard InChI is InChI=1S/C12H20ClN3O2S/c1-2-11-14-12(19(13,17)18)10-16(11)9-8-15-6-4-3-5-7-15/h10H,2-9H2,1H3. The van der Waals surface area contributed by atoms with E-state index in [1.54, 1.807) is 6.20 Å². The van der Waals surface area contributed by atoms with Gasteiger partial charge < -0.3 is 9.47 Å². The summed E-state index contributed by atoms with van der Waals surface area (Å²) in [6, 6.07) is 0. The van der Waals surface area contributed by atoms with Crippen molar-refractivity contribution in [1.29, 1.82) is 0 Å². The van der Waals surface area contributed by atoms with Crippen molar-refractivity contribution in [3.63, 3.8) is 0 Å². The zero-order valence-corrected chi connectivity index (χ0v) is 12.8. The van der Waals surface area contributed by atoms with Crippen LogP contribution in [0, 0.1) is 0 Å². The molecule has 1 aliphatic heterocycles. The second-order valence-electron chi connectivity index (χ2n) is 4.88. The van der Waals surface area contributed by atoms with Crippen molar-refractivity contribution < 1.29 is 8.42 Å². The number of piperidine rings is 1. The maximum atomic E-state index is 11.3. The van der Waals surface area contributed by atoms with E-state index in [1.165, 1.54) is 19.3 Å². The molecule has 0 spiro atoms. The van der Waals surface area contributed by atoms with E-state index >= 15 is 0 Å². The predicted molar refractivity (Wildman–Crippen MR) is 74.9 cm³/mol. The summed E-state index contributed by atoms with van der Waals surface area (Å²) in [6.07, 6.45) is 6.08. The molecule has 1 fully saturated rings. The summed E-state index contributed by atoms with van der Waals surface area (Å²) in [5.74, 6) is 0.774. The van der Waals surface area contributed by atoms with Crippen LogP contribution in [0.3, 0.4) is 0 Å². The number of hydrogen-bond donors (Lipinski definition) is 0. The Balaban J connectivity index is 2.04. The van der Waals surface area contributed by atoms with E-state index in [4.69, 9.17) is 10.7 Å². The minimum absolute atomic E-state index is 0.0374. The van der Waals surface area contributed by atoms with Gasteiger partial charge in [0.25, 0.3) is 9.05 Å². The van der Waals surface area contributed by atoms with E-state index in [0.717, 1.165) is 32.0 Å². The Morgan fingerprint density at radius 3 is 2.53 bits per heavy atom. The molecule has 0 unspecified atom stereocenters. The van der Waals surface area contributed by atoms with Gasteiger partial charge in [0.1, 0.15) is 5.82 Å². The second kappa shape index (κ2) is 6.24. The summed E-state index contributed by atoms with van der Waals surface area (Å²) in [4.78, 5) is 6.50. The Hall–Kier alpha value is -0.590. The van der Waals surface area contributed by atoms with Crippen LogP contribution < -0.4 is 0 Å². The molecule has 5 nitrogen and oxygen atoms in total. The fourth-order valence-electron chi connectivity index (χ4n) is 2.45. The normalized spacial score (nSPS) is 17.8. The molecule has 0 aliphatic carbocycles. The number of rotatable bonds is 5. The Kier molecular flexibility index (Phi) is 4.86. The first kappa shape index (κ1) is 14.8. The van der Waals surface area contributed by atoms with Crippen LogP contribution in [0.5, 0.6) is 0 Å². The highest BCUT2D eigenvalue weighted by Gasteiger charge is 2.17. The number of aromatic nitrogens is 2. The lowest BCUT2D eigenvalue weighted by Gasteiger charge is -2.26. The highest BCUT2D eigenvalue weighted by atomic mass is 35.7. The quantitative estimate of drug-likeness (QED) is 0.779. The fraction of sp³-hybridized carbons (Fsp3) is 0.750. The van der Waals surface area contributed by atoms with Crippen molar-refractivity contribution in [2.75, 3.05) is 19.6 Å². The third-order valence-electron chi connectivity index (χ3n) is 3.51. The Morgan fingerprint density at radius 2 is 1.95 bits per heavy atom. The van der Waals surface area contributed by atoms with Gasteiger partial charge in [-0.1, -0.05) is 13.3 Å². The van der Waals surface area contributed by atoms with Crippen molar-refractivity contribution in [3.8, 4) is 0 Å². The van der Waals surface area contributed by atoms with Crippen molar-refractivity contribution in [3.05, 3.63) is 12.0 Å². The maximum absolute atomic E-state index is 11.3. The Bertz CT molecular complexity index is 521. The summed E-state index contributed by atoms with van der Waals surface area (Å²) in [5, 5.41) is -0.0374. The lowest BCUT2D eigenvalue weighted by atomic mass is 10.1. The highest BCUT2D eigenvalue weighted by Crippen LogP contribution is 2.15. The number of nitrogens with zero attached hydrogens (tertiary/aromatic N) is 3. The largest absolute Gasteiger partial charge is 0.332 e. The molecule has 0 atom stereocenters. The minimum Gasteiger partial charge on any atom is -0.332 e. The van der Waals surface area contributed by atoms with Gasteiger partial charge in [-0.2, -0.15) is 0 Å². The van der Waals surface area contributed by atoms with Gasteiger partial charge in [0, 0.05) is 36.4 Å². The van der Waals surface area contributed by atoms with Gasteiger partial charge in [0.15, 0.2) is 5.03 Å². The van der Waals surface area contributed by atoms with Crippen LogP contribution in [0.4, 0.5) is 0 Å². The number of halogens is 1. The van der Waals surface area contributed by atoms with Crippen LogP contribution in [0.25, 0.3) is 0 Å². The molecule has 1 aromatic heterocycles. The third-order valence-corrected chi connectivity index (χ3v) is 4.68. The third kappa shape index (κ3) is 3.94. The molecule has 0 saturated carbocycles. The molecule has 0 amide bonds. The highest BCUT2D eigenvalue weighted by molar-refractivity contribution is 8.13. The van der Waals surface area contributed by atoms with Crippen LogP contribution in [0.1, 0.15) is 32.0 Å². The summed E-state index contributed by atoms with van der Waals surface area (Å²) in [5.41, 5.74) is 0. The maximum Gasteiger partial charge on any atom is 0.280 e. The van der Waals surface area contributed by atoms with E-state index in [-0.39, 0.29) is 5.03 Å². The summed E-state index contributed by atoms with van der Waals surface area (Å²) >= 11 is 0. The molecular formula is C12H20ClN3O2S. The van der Waals surface area contributed by atoms with Crippen LogP contribution >= 0.6 is 10.7 Å². The van der Waals surface area contributed by atoms with E-state index in [1.807, 2.05) is 11.5 Å². The van der Waals surface area contributed by atoms with Crippen molar-refractivity contribution in [2.24, 2.45) is 0 Å². The SMILES string of the molecule is CCc1nc(S(=O)(=O)Cl)cn1CCN1CCCCC1. The minimum atomic E-state index is -3.73. The second-order valence-corrected chi connectivity index (χ2v) is 7.40. The van der Waals surface area contributed by atoms with Gasteiger partial charge in [-0.25, -0.2) is 13.4 Å². The topological polar surface area (TPSA) is 55.2 Å². The molecule has 7 heteroatoms. The van der Waals surface area contributed by atoms with Gasteiger partial charge in [-0.15, -0.1) is 0 Å². The molecule has 2 rings (SSSR count). The lowest BCUT2D eigenvalue weighted by Crippen LogP contribution is -2.32. The van der Waals surface area contributed by atoms with E-state index in [0.29, 0.717) is 6.42 Å². The van der Waals surface area contributed by atoms with Crippen molar-refractivity contribution in [1.82, 2.24) is 14.5 Å². The molecule has 0 bridgehead atoms. The molecule has 0 radical (unpaired) electrons.